The number of hydrogen-bond donors (Lipinski definition) is 1. The van der Waals surface area contributed by atoms with E-state index in [0.29, 0.717) is 50.9 Å². The van der Waals surface area contributed by atoms with Gasteiger partial charge >= 0.3 is 5.97 Å². The van der Waals surface area contributed by atoms with Crippen LogP contribution in [0.5, 0.6) is 0 Å². The molecule has 0 atom stereocenters. The van der Waals surface area contributed by atoms with Crippen molar-refractivity contribution in [1.29, 1.82) is 0 Å². The zero-order valence-corrected chi connectivity index (χ0v) is 18.6. The first-order valence-corrected chi connectivity index (χ1v) is 10.0. The zero-order valence-electron chi connectivity index (χ0n) is 15.5. The number of nitrogens with one attached hydrogen (secondary N) is 1. The number of piperazine rings is 1. The average molecular weight is 515 g/mol. The molecule has 2 heterocycles. The van der Waals surface area contributed by atoms with Gasteiger partial charge in [0.2, 0.25) is 10.0 Å². The van der Waals surface area contributed by atoms with Gasteiger partial charge in [0.15, 0.2) is 5.96 Å². The summed E-state index contributed by atoms with van der Waals surface area (Å²) < 4.78 is 35.7. The minimum absolute atomic E-state index is 0. The number of ether oxygens (including phenoxy) is 1. The Labute approximate surface area is 176 Å². The molecule has 0 amide bonds. The fourth-order valence-electron chi connectivity index (χ4n) is 2.55. The molecule has 0 aliphatic carbocycles. The highest BCUT2D eigenvalue weighted by atomic mass is 127. The van der Waals surface area contributed by atoms with Crippen LogP contribution in [0.2, 0.25) is 0 Å². The molecule has 1 aliphatic heterocycles. The van der Waals surface area contributed by atoms with E-state index in [1.165, 1.54) is 17.7 Å². The van der Waals surface area contributed by atoms with E-state index in [-0.39, 0.29) is 42.1 Å². The minimum atomic E-state index is -3.44. The SMILES string of the molecule is CCNC(=NCCC(=O)OC)N1CCN(S(=O)(=O)Cc2ccon2)CC1.I. The first kappa shape index (κ1) is 23.6. The number of rotatable bonds is 7. The molecular formula is C15H26IN5O5S. The van der Waals surface area contributed by atoms with Crippen LogP contribution in [0.4, 0.5) is 0 Å². The van der Waals surface area contributed by atoms with Crippen molar-refractivity contribution in [2.45, 2.75) is 19.1 Å². The lowest BCUT2D eigenvalue weighted by Gasteiger charge is -2.35. The lowest BCUT2D eigenvalue weighted by molar-refractivity contribution is -0.140. The standard InChI is InChI=1S/C15H25N5O5S.HI/c1-3-16-15(17-6-4-14(21)24-2)19-7-9-20(10-8-19)26(22,23)12-13-5-11-25-18-13;/h5,11H,3-4,6-10,12H2,1-2H3,(H,16,17);1H. The lowest BCUT2D eigenvalue weighted by Crippen LogP contribution is -2.54. The summed E-state index contributed by atoms with van der Waals surface area (Å²) in [4.78, 5) is 17.6. The van der Waals surface area contributed by atoms with Gasteiger partial charge in [-0.2, -0.15) is 4.31 Å². The molecule has 1 N–H and O–H groups in total. The van der Waals surface area contributed by atoms with Crippen LogP contribution in [-0.4, -0.2) is 81.1 Å². The van der Waals surface area contributed by atoms with Gasteiger partial charge in [-0.25, -0.2) is 8.42 Å². The summed E-state index contributed by atoms with van der Waals surface area (Å²) in [7, 11) is -2.09. The summed E-state index contributed by atoms with van der Waals surface area (Å²) in [5.74, 6) is 0.190. The van der Waals surface area contributed by atoms with Gasteiger partial charge in [0, 0.05) is 38.8 Å². The van der Waals surface area contributed by atoms with Crippen molar-refractivity contribution < 1.29 is 22.5 Å². The highest BCUT2D eigenvalue weighted by molar-refractivity contribution is 14.0. The number of nitrogens with zero attached hydrogens (tertiary/aromatic N) is 4. The number of carbonyl (C=O) groups excluding carboxylic acids is 1. The number of sulfonamides is 1. The number of carbonyl (C=O) groups is 1. The topological polar surface area (TPSA) is 117 Å². The minimum Gasteiger partial charge on any atom is -0.469 e. The van der Waals surface area contributed by atoms with Crippen molar-refractivity contribution in [1.82, 2.24) is 19.7 Å². The van der Waals surface area contributed by atoms with Crippen LogP contribution in [0.25, 0.3) is 0 Å². The number of aromatic nitrogens is 1. The van der Waals surface area contributed by atoms with E-state index >= 15 is 0 Å². The van der Waals surface area contributed by atoms with Crippen LogP contribution in [-0.2, 0) is 25.3 Å². The van der Waals surface area contributed by atoms with Crippen LogP contribution >= 0.6 is 24.0 Å². The average Bonchev–Trinajstić information content (AvgIpc) is 3.13. The predicted octanol–water partition coefficient (Wildman–Crippen LogP) is 0.269. The number of hydrogen-bond acceptors (Lipinski definition) is 7. The van der Waals surface area contributed by atoms with Crippen molar-refractivity contribution in [2.75, 3.05) is 46.4 Å². The van der Waals surface area contributed by atoms with E-state index < -0.39 is 10.0 Å². The van der Waals surface area contributed by atoms with Crippen molar-refractivity contribution in [3.8, 4) is 0 Å². The second-order valence-electron chi connectivity index (χ2n) is 5.69. The highest BCUT2D eigenvalue weighted by Crippen LogP contribution is 2.13. The van der Waals surface area contributed by atoms with Crippen LogP contribution in [0.15, 0.2) is 21.8 Å². The molecule has 1 aromatic rings. The fraction of sp³-hybridized carbons (Fsp3) is 0.667. The van der Waals surface area contributed by atoms with E-state index in [2.05, 4.69) is 24.7 Å². The Morgan fingerprint density at radius 3 is 2.63 bits per heavy atom. The zero-order chi connectivity index (χ0) is 19.0. The summed E-state index contributed by atoms with van der Waals surface area (Å²) in [5.41, 5.74) is 0.394. The van der Waals surface area contributed by atoms with Crippen LogP contribution < -0.4 is 5.32 Å². The number of esters is 1. The lowest BCUT2D eigenvalue weighted by atomic mass is 10.4. The monoisotopic (exact) mass is 515 g/mol. The van der Waals surface area contributed by atoms with E-state index in [1.807, 2.05) is 11.8 Å². The van der Waals surface area contributed by atoms with E-state index in [9.17, 15) is 13.2 Å². The molecule has 1 fully saturated rings. The van der Waals surface area contributed by atoms with Crippen molar-refractivity contribution in [2.24, 2.45) is 4.99 Å². The van der Waals surface area contributed by atoms with Gasteiger partial charge in [-0.1, -0.05) is 5.16 Å². The van der Waals surface area contributed by atoms with Crippen LogP contribution in [0.3, 0.4) is 0 Å². The molecular weight excluding hydrogens is 489 g/mol. The van der Waals surface area contributed by atoms with Crippen molar-refractivity contribution in [3.05, 3.63) is 18.0 Å². The molecule has 2 rings (SSSR count). The number of guanidine groups is 1. The van der Waals surface area contributed by atoms with Gasteiger partial charge < -0.3 is 19.5 Å². The van der Waals surface area contributed by atoms with Crippen molar-refractivity contribution >= 4 is 45.9 Å². The molecule has 1 aromatic heterocycles. The Hall–Kier alpha value is -1.41. The van der Waals surface area contributed by atoms with Gasteiger partial charge in [-0.15, -0.1) is 24.0 Å². The van der Waals surface area contributed by atoms with Gasteiger partial charge in [0.25, 0.3) is 0 Å². The Kier molecular flexibility index (Phi) is 10.0. The summed E-state index contributed by atoms with van der Waals surface area (Å²) in [6, 6.07) is 1.55. The Balaban J connectivity index is 0.00000364. The smallest absolute Gasteiger partial charge is 0.307 e. The van der Waals surface area contributed by atoms with Gasteiger partial charge in [0.1, 0.15) is 12.0 Å². The largest absolute Gasteiger partial charge is 0.469 e. The molecule has 0 bridgehead atoms. The Morgan fingerprint density at radius 1 is 1.37 bits per heavy atom. The first-order chi connectivity index (χ1) is 12.5. The fourth-order valence-corrected chi connectivity index (χ4v) is 3.97. The molecule has 0 saturated carbocycles. The summed E-state index contributed by atoms with van der Waals surface area (Å²) in [5, 5.41) is 6.83. The maximum absolute atomic E-state index is 12.5. The normalized spacial score (nSPS) is 15.9. The van der Waals surface area contributed by atoms with Gasteiger partial charge in [-0.3, -0.25) is 9.79 Å². The van der Waals surface area contributed by atoms with E-state index in [0.717, 1.165) is 0 Å². The third-order valence-corrected chi connectivity index (χ3v) is 5.71. The Bertz CT molecular complexity index is 702. The molecule has 12 heteroatoms. The van der Waals surface area contributed by atoms with Gasteiger partial charge in [0.05, 0.1) is 25.8 Å². The molecule has 27 heavy (non-hydrogen) atoms. The maximum Gasteiger partial charge on any atom is 0.307 e. The van der Waals surface area contributed by atoms with Crippen molar-refractivity contribution in [3.63, 3.8) is 0 Å². The summed E-state index contributed by atoms with van der Waals surface area (Å²) in [6.07, 6.45) is 1.56. The molecule has 154 valence electrons. The molecule has 1 aliphatic rings. The summed E-state index contributed by atoms with van der Waals surface area (Å²) >= 11 is 0. The van der Waals surface area contributed by atoms with E-state index in [1.54, 1.807) is 6.07 Å². The van der Waals surface area contributed by atoms with Gasteiger partial charge in [-0.05, 0) is 6.92 Å². The number of aliphatic imine (C=N–C) groups is 1. The van der Waals surface area contributed by atoms with Crippen LogP contribution in [0, 0.1) is 0 Å². The molecule has 0 radical (unpaired) electrons. The molecule has 1 saturated heterocycles. The summed E-state index contributed by atoms with van der Waals surface area (Å²) in [6.45, 7) is 4.71. The molecule has 10 nitrogen and oxygen atoms in total. The maximum atomic E-state index is 12.5. The van der Waals surface area contributed by atoms with E-state index in [4.69, 9.17) is 0 Å². The number of halogens is 1. The Morgan fingerprint density at radius 2 is 2.07 bits per heavy atom. The highest BCUT2D eigenvalue weighted by Gasteiger charge is 2.28. The molecule has 0 aromatic carbocycles. The second kappa shape index (κ2) is 11.4. The third-order valence-electron chi connectivity index (χ3n) is 3.89. The first-order valence-electron chi connectivity index (χ1n) is 8.43. The van der Waals surface area contributed by atoms with Crippen LogP contribution in [0.1, 0.15) is 19.0 Å². The predicted molar refractivity (Wildman–Crippen MR) is 110 cm³/mol. The molecule has 0 spiro atoms. The number of methoxy groups -OCH3 is 1. The molecule has 0 unspecified atom stereocenters. The third kappa shape index (κ3) is 7.25. The quantitative estimate of drug-likeness (QED) is 0.238. The second-order valence-corrected chi connectivity index (χ2v) is 7.66.